The maximum Gasteiger partial charge on any atom is 0.118 e. The van der Waals surface area contributed by atoms with Gasteiger partial charge in [-0.15, -0.1) is 0 Å². The first-order valence-electron chi connectivity index (χ1n) is 12.0. The molecule has 0 fully saturated rings. The Morgan fingerprint density at radius 2 is 1.00 bits per heavy atom. The molecule has 1 aromatic rings. The molecule has 0 saturated carbocycles. The summed E-state index contributed by atoms with van der Waals surface area (Å²) in [6, 6.07) is 7.75. The molecule has 156 valence electrons. The highest BCUT2D eigenvalue weighted by Gasteiger charge is 1.99. The van der Waals surface area contributed by atoms with Crippen molar-refractivity contribution in [3.05, 3.63) is 29.8 Å². The Kier molecular flexibility index (Phi) is 15.3. The Hall–Kier alpha value is -0.980. The molecule has 27 heavy (non-hydrogen) atoms. The molecular weight excluding hydrogens is 328 g/mol. The van der Waals surface area contributed by atoms with E-state index in [1.165, 1.54) is 103 Å². The molecule has 0 atom stereocenters. The van der Waals surface area contributed by atoms with Gasteiger partial charge < -0.3 is 5.11 Å². The van der Waals surface area contributed by atoms with Gasteiger partial charge in [0.2, 0.25) is 0 Å². The maximum absolute atomic E-state index is 9.75. The number of aryl methyl sites for hydroxylation is 1. The van der Waals surface area contributed by atoms with Gasteiger partial charge in [-0.1, -0.05) is 128 Å². The van der Waals surface area contributed by atoms with E-state index >= 15 is 0 Å². The van der Waals surface area contributed by atoms with E-state index in [9.17, 15) is 5.11 Å². The standard InChI is InChI=1S/C26H46O/c1-24(2)20-16-14-12-10-8-6-4-3-5-7-9-11-13-15-17-21-25-22-18-19-23-26(25)27/h18-19,22-24,27H,3-17,20-21H2,1-2H3. The Morgan fingerprint density at radius 1 is 0.593 bits per heavy atom. The fraction of sp³-hybridized carbons (Fsp3) is 0.769. The van der Waals surface area contributed by atoms with Crippen molar-refractivity contribution in [3.8, 4) is 5.75 Å². The van der Waals surface area contributed by atoms with Crippen LogP contribution in [-0.2, 0) is 6.42 Å². The first-order valence-corrected chi connectivity index (χ1v) is 12.0. The van der Waals surface area contributed by atoms with Gasteiger partial charge in [-0.25, -0.2) is 0 Å². The van der Waals surface area contributed by atoms with Crippen LogP contribution in [0.2, 0.25) is 0 Å². The predicted octanol–water partition coefficient (Wildman–Crippen LogP) is 8.83. The van der Waals surface area contributed by atoms with Gasteiger partial charge in [0.05, 0.1) is 0 Å². The number of hydrogen-bond donors (Lipinski definition) is 1. The number of aromatic hydroxyl groups is 1. The van der Waals surface area contributed by atoms with Crippen LogP contribution >= 0.6 is 0 Å². The lowest BCUT2D eigenvalue weighted by Gasteiger charge is -2.05. The van der Waals surface area contributed by atoms with Gasteiger partial charge in [-0.05, 0) is 30.4 Å². The number of para-hydroxylation sites is 1. The second kappa shape index (κ2) is 17.1. The van der Waals surface area contributed by atoms with Gasteiger partial charge in [0, 0.05) is 0 Å². The Morgan fingerprint density at radius 3 is 1.44 bits per heavy atom. The molecule has 0 aliphatic heterocycles. The molecule has 0 saturated heterocycles. The van der Waals surface area contributed by atoms with Crippen LogP contribution in [0.4, 0.5) is 0 Å². The highest BCUT2D eigenvalue weighted by atomic mass is 16.3. The summed E-state index contributed by atoms with van der Waals surface area (Å²) >= 11 is 0. The van der Waals surface area contributed by atoms with E-state index in [4.69, 9.17) is 0 Å². The highest BCUT2D eigenvalue weighted by molar-refractivity contribution is 5.31. The average Bonchev–Trinajstić information content (AvgIpc) is 2.65. The van der Waals surface area contributed by atoms with Crippen LogP contribution in [0.15, 0.2) is 24.3 Å². The van der Waals surface area contributed by atoms with Crippen molar-refractivity contribution >= 4 is 0 Å². The Bertz CT molecular complexity index is 438. The Balaban J connectivity index is 1.74. The van der Waals surface area contributed by atoms with Gasteiger partial charge in [-0.2, -0.15) is 0 Å². The second-order valence-corrected chi connectivity index (χ2v) is 8.86. The average molecular weight is 375 g/mol. The zero-order valence-corrected chi connectivity index (χ0v) is 18.4. The zero-order chi connectivity index (χ0) is 19.6. The van der Waals surface area contributed by atoms with E-state index in [-0.39, 0.29) is 0 Å². The molecule has 0 spiro atoms. The molecule has 0 aliphatic carbocycles. The predicted molar refractivity (Wildman–Crippen MR) is 121 cm³/mol. The minimum atomic E-state index is 0.462. The fourth-order valence-corrected chi connectivity index (χ4v) is 3.89. The number of benzene rings is 1. The lowest BCUT2D eigenvalue weighted by atomic mass is 10.0. The van der Waals surface area contributed by atoms with Crippen molar-refractivity contribution in [2.45, 2.75) is 123 Å². The summed E-state index contributed by atoms with van der Waals surface area (Å²) in [7, 11) is 0. The third kappa shape index (κ3) is 14.7. The molecule has 1 rings (SSSR count). The lowest BCUT2D eigenvalue weighted by molar-refractivity contribution is 0.465. The maximum atomic E-state index is 9.75. The summed E-state index contributed by atoms with van der Waals surface area (Å²) in [5, 5.41) is 9.75. The van der Waals surface area contributed by atoms with Crippen molar-refractivity contribution in [1.29, 1.82) is 0 Å². The highest BCUT2D eigenvalue weighted by Crippen LogP contribution is 2.19. The molecule has 1 heteroatoms. The summed E-state index contributed by atoms with van der Waals surface area (Å²) in [5.74, 6) is 1.34. The first kappa shape index (κ1) is 24.1. The normalized spacial score (nSPS) is 11.4. The molecule has 1 nitrogen and oxygen atoms in total. The Labute approximate surface area is 170 Å². The van der Waals surface area contributed by atoms with Crippen LogP contribution in [-0.4, -0.2) is 5.11 Å². The third-order valence-electron chi connectivity index (χ3n) is 5.72. The molecule has 0 radical (unpaired) electrons. The van der Waals surface area contributed by atoms with Crippen LogP contribution in [0.3, 0.4) is 0 Å². The van der Waals surface area contributed by atoms with E-state index in [1.807, 2.05) is 18.2 Å². The second-order valence-electron chi connectivity index (χ2n) is 8.86. The number of unbranched alkanes of at least 4 members (excludes halogenated alkanes) is 14. The first-order chi connectivity index (χ1) is 13.2. The molecule has 1 aromatic carbocycles. The van der Waals surface area contributed by atoms with Crippen LogP contribution in [0.1, 0.15) is 122 Å². The van der Waals surface area contributed by atoms with E-state index < -0.39 is 0 Å². The molecular formula is C26H46O. The largest absolute Gasteiger partial charge is 0.508 e. The summed E-state index contributed by atoms with van der Waals surface area (Å²) in [6.07, 6.45) is 23.5. The minimum Gasteiger partial charge on any atom is -0.508 e. The van der Waals surface area contributed by atoms with E-state index in [0.717, 1.165) is 17.9 Å². The van der Waals surface area contributed by atoms with Crippen molar-refractivity contribution in [3.63, 3.8) is 0 Å². The number of phenolic OH excluding ortho intramolecular Hbond substituents is 1. The molecule has 1 N–H and O–H groups in total. The van der Waals surface area contributed by atoms with Gasteiger partial charge in [0.15, 0.2) is 0 Å². The number of phenols is 1. The van der Waals surface area contributed by atoms with E-state index in [2.05, 4.69) is 13.8 Å². The van der Waals surface area contributed by atoms with Gasteiger partial charge in [-0.3, -0.25) is 0 Å². The molecule has 0 aromatic heterocycles. The van der Waals surface area contributed by atoms with Crippen molar-refractivity contribution in [2.75, 3.05) is 0 Å². The molecule has 0 unspecified atom stereocenters. The zero-order valence-electron chi connectivity index (χ0n) is 18.4. The summed E-state index contributed by atoms with van der Waals surface area (Å²) in [4.78, 5) is 0. The monoisotopic (exact) mass is 374 g/mol. The van der Waals surface area contributed by atoms with Crippen LogP contribution in [0.5, 0.6) is 5.75 Å². The van der Waals surface area contributed by atoms with Crippen molar-refractivity contribution < 1.29 is 5.11 Å². The number of hydrogen-bond acceptors (Lipinski definition) is 1. The fourth-order valence-electron chi connectivity index (χ4n) is 3.89. The van der Waals surface area contributed by atoms with Gasteiger partial charge >= 0.3 is 0 Å². The topological polar surface area (TPSA) is 20.2 Å². The smallest absolute Gasteiger partial charge is 0.118 e. The van der Waals surface area contributed by atoms with Gasteiger partial charge in [0.25, 0.3) is 0 Å². The van der Waals surface area contributed by atoms with Crippen LogP contribution < -0.4 is 0 Å². The molecule has 0 heterocycles. The molecule has 0 aliphatic rings. The van der Waals surface area contributed by atoms with E-state index in [0.29, 0.717) is 5.75 Å². The molecule has 0 bridgehead atoms. The summed E-state index contributed by atoms with van der Waals surface area (Å²) in [6.45, 7) is 4.66. The van der Waals surface area contributed by atoms with Gasteiger partial charge in [0.1, 0.15) is 5.75 Å². The quantitative estimate of drug-likeness (QED) is 0.254. The number of rotatable bonds is 18. The van der Waals surface area contributed by atoms with E-state index in [1.54, 1.807) is 6.07 Å². The lowest BCUT2D eigenvalue weighted by Crippen LogP contribution is -1.88. The summed E-state index contributed by atoms with van der Waals surface area (Å²) < 4.78 is 0. The van der Waals surface area contributed by atoms with Crippen LogP contribution in [0.25, 0.3) is 0 Å². The minimum absolute atomic E-state index is 0.462. The SMILES string of the molecule is CC(C)CCCCCCCCCCCCCCCCCc1ccccc1O. The van der Waals surface area contributed by atoms with Crippen molar-refractivity contribution in [2.24, 2.45) is 5.92 Å². The van der Waals surface area contributed by atoms with Crippen molar-refractivity contribution in [1.82, 2.24) is 0 Å². The summed E-state index contributed by atoms with van der Waals surface area (Å²) in [5.41, 5.74) is 1.10. The van der Waals surface area contributed by atoms with Crippen LogP contribution in [0, 0.1) is 5.92 Å². The molecule has 0 amide bonds. The third-order valence-corrected chi connectivity index (χ3v) is 5.72.